The van der Waals surface area contributed by atoms with E-state index in [1.807, 2.05) is 37.3 Å². The van der Waals surface area contributed by atoms with Crippen LogP contribution in [-0.4, -0.2) is 12.3 Å². The highest BCUT2D eigenvalue weighted by Gasteiger charge is 2.10. The van der Waals surface area contributed by atoms with Crippen LogP contribution in [0, 0.1) is 6.92 Å². The van der Waals surface area contributed by atoms with Crippen LogP contribution >= 0.6 is 11.6 Å². The summed E-state index contributed by atoms with van der Waals surface area (Å²) in [7, 11) is 0. The zero-order valence-electron chi connectivity index (χ0n) is 14.1. The van der Waals surface area contributed by atoms with Crippen molar-refractivity contribution in [3.05, 3.63) is 64.2 Å². The van der Waals surface area contributed by atoms with Crippen molar-refractivity contribution in [3.8, 4) is 0 Å². The molecular formula is C18H20ClN3O3. The van der Waals surface area contributed by atoms with Crippen molar-refractivity contribution in [1.82, 2.24) is 0 Å². The second kappa shape index (κ2) is 9.05. The van der Waals surface area contributed by atoms with Crippen LogP contribution in [0.1, 0.15) is 23.6 Å². The minimum absolute atomic E-state index is 0.163. The highest BCUT2D eigenvalue weighted by molar-refractivity contribution is 6.31. The van der Waals surface area contributed by atoms with Crippen molar-refractivity contribution >= 4 is 29.6 Å². The number of oxime groups is 1. The molecule has 0 bridgehead atoms. The number of nitrogens with two attached hydrogens (primary N) is 1. The van der Waals surface area contributed by atoms with E-state index in [0.717, 1.165) is 21.7 Å². The van der Waals surface area contributed by atoms with E-state index in [-0.39, 0.29) is 6.61 Å². The molecule has 2 aromatic rings. The average molecular weight is 362 g/mol. The van der Waals surface area contributed by atoms with E-state index in [1.165, 1.54) is 0 Å². The number of benzene rings is 2. The van der Waals surface area contributed by atoms with Gasteiger partial charge < -0.3 is 9.57 Å². The molecule has 0 aliphatic rings. The maximum absolute atomic E-state index is 10.9. The first-order valence-corrected chi connectivity index (χ1v) is 8.01. The van der Waals surface area contributed by atoms with Crippen LogP contribution < -0.4 is 10.9 Å². The summed E-state index contributed by atoms with van der Waals surface area (Å²) in [5.41, 5.74) is 3.16. The number of halogens is 1. The first kappa shape index (κ1) is 18.8. The number of hydrogen-bond donors (Lipinski definition) is 1. The smallest absolute Gasteiger partial charge is 0.228 e. The Morgan fingerprint density at radius 3 is 2.72 bits per heavy atom. The van der Waals surface area contributed by atoms with Gasteiger partial charge in [0.2, 0.25) is 12.3 Å². The molecule has 0 aromatic heterocycles. The van der Waals surface area contributed by atoms with E-state index in [0.29, 0.717) is 29.6 Å². The molecule has 0 atom stereocenters. The molecule has 2 aromatic carbocycles. The van der Waals surface area contributed by atoms with E-state index >= 15 is 0 Å². The maximum Gasteiger partial charge on any atom is 0.228 e. The number of ether oxygens (including phenoxy) is 1. The molecule has 0 saturated carbocycles. The first-order valence-electron chi connectivity index (χ1n) is 7.63. The number of carbonyl (C=O) groups is 1. The van der Waals surface area contributed by atoms with Gasteiger partial charge >= 0.3 is 0 Å². The molecule has 7 heteroatoms. The third kappa shape index (κ3) is 5.20. The summed E-state index contributed by atoms with van der Waals surface area (Å²) >= 11 is 6.07. The first-order chi connectivity index (χ1) is 12.0. The third-order valence-electron chi connectivity index (χ3n) is 3.57. The van der Waals surface area contributed by atoms with Gasteiger partial charge in [0, 0.05) is 23.1 Å². The number of rotatable bonds is 7. The highest BCUT2D eigenvalue weighted by atomic mass is 35.5. The van der Waals surface area contributed by atoms with Gasteiger partial charge in [0.15, 0.2) is 0 Å². The van der Waals surface area contributed by atoms with Gasteiger partial charge in [-0.15, -0.1) is 0 Å². The minimum atomic E-state index is 0.163. The molecule has 0 radical (unpaired) electrons. The van der Waals surface area contributed by atoms with Crippen molar-refractivity contribution in [2.24, 2.45) is 11.0 Å². The fourth-order valence-electron chi connectivity index (χ4n) is 2.18. The molecule has 132 valence electrons. The Kier molecular flexibility index (Phi) is 6.80. The number of hydrogen-bond acceptors (Lipinski definition) is 5. The van der Waals surface area contributed by atoms with Crippen LogP contribution in [0.15, 0.2) is 47.6 Å². The van der Waals surface area contributed by atoms with Crippen LogP contribution in [0.3, 0.4) is 0 Å². The lowest BCUT2D eigenvalue weighted by Crippen LogP contribution is -2.30. The molecule has 0 saturated heterocycles. The van der Waals surface area contributed by atoms with Gasteiger partial charge in [0.05, 0.1) is 5.69 Å². The Morgan fingerprint density at radius 1 is 1.24 bits per heavy atom. The number of anilines is 1. The lowest BCUT2D eigenvalue weighted by Gasteiger charge is -2.16. The summed E-state index contributed by atoms with van der Waals surface area (Å²) in [6.45, 7) is 4.06. The Labute approximate surface area is 151 Å². The number of carbonyl (C=O) groups excluding carboxylic acids is 1. The topological polar surface area (TPSA) is 77.1 Å². The quantitative estimate of drug-likeness (QED) is 0.204. The lowest BCUT2D eigenvalue weighted by molar-refractivity contribution is -0.107. The highest BCUT2D eigenvalue weighted by Crippen LogP contribution is 2.22. The third-order valence-corrected chi connectivity index (χ3v) is 3.94. The summed E-state index contributed by atoms with van der Waals surface area (Å²) < 4.78 is 5.53. The van der Waals surface area contributed by atoms with E-state index in [9.17, 15) is 4.79 Å². The molecule has 0 aliphatic heterocycles. The average Bonchev–Trinajstić information content (AvgIpc) is 2.61. The largest absolute Gasteiger partial charge is 0.474 e. The summed E-state index contributed by atoms with van der Waals surface area (Å²) in [5.74, 6) is 6.03. The predicted molar refractivity (Wildman–Crippen MR) is 98.0 cm³/mol. The van der Waals surface area contributed by atoms with Crippen molar-refractivity contribution in [1.29, 1.82) is 0 Å². The van der Waals surface area contributed by atoms with Crippen LogP contribution in [0.25, 0.3) is 0 Å². The van der Waals surface area contributed by atoms with Gasteiger partial charge in [-0.25, -0.2) is 5.84 Å². The zero-order chi connectivity index (χ0) is 18.2. The molecule has 1 amide bonds. The number of hydrazine groups is 1. The molecule has 0 fully saturated rings. The Bertz CT molecular complexity index is 765. The van der Waals surface area contributed by atoms with Crippen LogP contribution in [0.4, 0.5) is 5.69 Å². The van der Waals surface area contributed by atoms with Crippen LogP contribution in [-0.2, 0) is 27.6 Å². The standard InChI is InChI=1S/C18H20ClN3O3/c1-13-6-5-9-18(22(20)12-23)16(13)11-25-21-14(2)24-10-15-7-3-4-8-17(15)19/h3-9,12H,10-11,20H2,1-2H3. The van der Waals surface area contributed by atoms with Crippen molar-refractivity contribution in [2.75, 3.05) is 5.01 Å². The molecule has 25 heavy (non-hydrogen) atoms. The Hall–Kier alpha value is -2.57. The SMILES string of the molecule is CC(=NOCc1c(C)cccc1N(N)C=O)OCc1ccccc1Cl. The van der Waals surface area contributed by atoms with Gasteiger partial charge in [0.1, 0.15) is 13.2 Å². The zero-order valence-corrected chi connectivity index (χ0v) is 14.9. The van der Waals surface area contributed by atoms with Gasteiger partial charge in [-0.05, 0) is 24.6 Å². The molecule has 0 spiro atoms. The Balaban J connectivity index is 1.96. The monoisotopic (exact) mass is 361 g/mol. The van der Waals surface area contributed by atoms with E-state index in [4.69, 9.17) is 27.0 Å². The minimum Gasteiger partial charge on any atom is -0.474 e. The van der Waals surface area contributed by atoms with Gasteiger partial charge in [-0.3, -0.25) is 9.80 Å². The normalized spacial score (nSPS) is 11.1. The predicted octanol–water partition coefficient (Wildman–Crippen LogP) is 3.55. The number of nitrogens with zero attached hydrogens (tertiary/aromatic N) is 2. The number of amides is 1. The fraction of sp³-hybridized carbons (Fsp3) is 0.222. The summed E-state index contributed by atoms with van der Waals surface area (Å²) in [4.78, 5) is 16.2. The van der Waals surface area contributed by atoms with Crippen LogP contribution in [0.5, 0.6) is 0 Å². The molecule has 6 nitrogen and oxygen atoms in total. The Morgan fingerprint density at radius 2 is 2.00 bits per heavy atom. The lowest BCUT2D eigenvalue weighted by atomic mass is 10.1. The second-order valence-corrected chi connectivity index (χ2v) is 5.76. The molecule has 0 unspecified atom stereocenters. The molecule has 2 rings (SSSR count). The fourth-order valence-corrected chi connectivity index (χ4v) is 2.38. The summed E-state index contributed by atoms with van der Waals surface area (Å²) in [6.07, 6.45) is 0.541. The molecular weight excluding hydrogens is 342 g/mol. The second-order valence-electron chi connectivity index (χ2n) is 5.35. The molecule has 2 N–H and O–H groups in total. The van der Waals surface area contributed by atoms with Gasteiger partial charge in [-0.2, -0.15) is 0 Å². The van der Waals surface area contributed by atoms with Gasteiger partial charge in [0.25, 0.3) is 0 Å². The van der Waals surface area contributed by atoms with Crippen molar-refractivity contribution < 1.29 is 14.4 Å². The van der Waals surface area contributed by atoms with E-state index in [2.05, 4.69) is 5.16 Å². The number of aryl methyl sites for hydroxylation is 1. The molecule has 0 aliphatic carbocycles. The van der Waals surface area contributed by atoms with Crippen molar-refractivity contribution in [2.45, 2.75) is 27.1 Å². The molecule has 0 heterocycles. The van der Waals surface area contributed by atoms with E-state index in [1.54, 1.807) is 19.1 Å². The summed E-state index contributed by atoms with van der Waals surface area (Å²) in [5, 5.41) is 5.58. The van der Waals surface area contributed by atoms with Crippen LogP contribution in [0.2, 0.25) is 5.02 Å². The van der Waals surface area contributed by atoms with Crippen molar-refractivity contribution in [3.63, 3.8) is 0 Å². The van der Waals surface area contributed by atoms with E-state index < -0.39 is 0 Å². The van der Waals surface area contributed by atoms with Gasteiger partial charge in [-0.1, -0.05) is 47.1 Å². The summed E-state index contributed by atoms with van der Waals surface area (Å²) in [6, 6.07) is 12.9. The maximum atomic E-state index is 10.9.